The summed E-state index contributed by atoms with van der Waals surface area (Å²) < 4.78 is 29.9. The van der Waals surface area contributed by atoms with Crippen LogP contribution in [0, 0.1) is 6.92 Å². The SMILES string of the molecule is Cc1ccc(S(=O)(=O)OC[C@@H]2CC(O)(Cc3ccccc3)CN2C(=O)O)cc1. The molecule has 1 heterocycles. The number of benzene rings is 2. The second kappa shape index (κ2) is 7.90. The van der Waals surface area contributed by atoms with Gasteiger partial charge in [-0.3, -0.25) is 9.08 Å². The zero-order valence-electron chi connectivity index (χ0n) is 15.5. The maximum Gasteiger partial charge on any atom is 0.407 e. The van der Waals surface area contributed by atoms with Gasteiger partial charge in [0.2, 0.25) is 0 Å². The monoisotopic (exact) mass is 405 g/mol. The molecule has 7 nitrogen and oxygen atoms in total. The zero-order chi connectivity index (χ0) is 20.4. The van der Waals surface area contributed by atoms with E-state index in [-0.39, 0.29) is 30.9 Å². The molecule has 0 aliphatic carbocycles. The second-order valence-electron chi connectivity index (χ2n) is 7.21. The highest BCUT2D eigenvalue weighted by atomic mass is 32.2. The lowest BCUT2D eigenvalue weighted by molar-refractivity contribution is 0.0491. The van der Waals surface area contributed by atoms with Gasteiger partial charge in [-0.05, 0) is 24.6 Å². The van der Waals surface area contributed by atoms with Crippen LogP contribution in [-0.2, 0) is 20.7 Å². The van der Waals surface area contributed by atoms with Gasteiger partial charge in [0.25, 0.3) is 10.1 Å². The molecular weight excluding hydrogens is 382 g/mol. The van der Waals surface area contributed by atoms with Crippen molar-refractivity contribution >= 4 is 16.2 Å². The fraction of sp³-hybridized carbons (Fsp3) is 0.350. The summed E-state index contributed by atoms with van der Waals surface area (Å²) >= 11 is 0. The first-order chi connectivity index (χ1) is 13.2. The number of amides is 1. The predicted octanol–water partition coefficient (Wildman–Crippen LogP) is 2.43. The highest BCUT2D eigenvalue weighted by Gasteiger charge is 2.45. The van der Waals surface area contributed by atoms with Gasteiger partial charge in [0.05, 0.1) is 29.7 Å². The van der Waals surface area contributed by atoms with Crippen LogP contribution >= 0.6 is 0 Å². The summed E-state index contributed by atoms with van der Waals surface area (Å²) in [6.07, 6.45) is -0.846. The van der Waals surface area contributed by atoms with Crippen molar-refractivity contribution in [3.63, 3.8) is 0 Å². The van der Waals surface area contributed by atoms with Crippen molar-refractivity contribution in [3.05, 3.63) is 65.7 Å². The van der Waals surface area contributed by atoms with E-state index in [9.17, 15) is 23.4 Å². The van der Waals surface area contributed by atoms with Gasteiger partial charge in [-0.2, -0.15) is 8.42 Å². The van der Waals surface area contributed by atoms with E-state index in [1.54, 1.807) is 12.1 Å². The molecule has 1 fully saturated rings. The molecule has 8 heteroatoms. The average Bonchev–Trinajstić information content (AvgIpc) is 2.98. The maximum absolute atomic E-state index is 12.4. The number of hydrogen-bond donors (Lipinski definition) is 2. The molecule has 1 unspecified atom stereocenters. The predicted molar refractivity (Wildman–Crippen MR) is 103 cm³/mol. The van der Waals surface area contributed by atoms with Crippen LogP contribution in [0.5, 0.6) is 0 Å². The van der Waals surface area contributed by atoms with Gasteiger partial charge in [0.15, 0.2) is 0 Å². The van der Waals surface area contributed by atoms with Gasteiger partial charge in [0.1, 0.15) is 0 Å². The molecule has 2 N–H and O–H groups in total. The number of β-amino-alcohol motifs (C(OH)–C–C–N with tert-alkyl or cyclic N) is 1. The minimum absolute atomic E-state index is 0.0116. The van der Waals surface area contributed by atoms with Crippen LogP contribution < -0.4 is 0 Å². The molecule has 1 amide bonds. The Hall–Kier alpha value is -2.42. The largest absolute Gasteiger partial charge is 0.465 e. The van der Waals surface area contributed by atoms with E-state index < -0.39 is 27.9 Å². The quantitative estimate of drug-likeness (QED) is 0.716. The average molecular weight is 405 g/mol. The fourth-order valence-corrected chi connectivity index (χ4v) is 4.42. The molecule has 0 radical (unpaired) electrons. The molecule has 1 aliphatic heterocycles. The number of likely N-dealkylation sites (tertiary alicyclic amines) is 1. The molecule has 0 spiro atoms. The van der Waals surface area contributed by atoms with E-state index in [4.69, 9.17) is 4.18 Å². The standard InChI is InChI=1S/C20H23NO6S/c1-15-7-9-18(10-8-15)28(25,26)27-13-17-12-20(24,14-21(17)19(22)23)11-16-5-3-2-4-6-16/h2-10,17,24H,11-14H2,1H3,(H,22,23)/t17-,20?/m0/s1. The number of aryl methyl sites for hydroxylation is 1. The van der Waals surface area contributed by atoms with E-state index in [0.29, 0.717) is 0 Å². The van der Waals surface area contributed by atoms with Crippen molar-refractivity contribution in [3.8, 4) is 0 Å². The number of carboxylic acid groups (broad SMARTS) is 1. The molecule has 2 aromatic carbocycles. The van der Waals surface area contributed by atoms with Crippen molar-refractivity contribution in [1.82, 2.24) is 4.90 Å². The molecule has 28 heavy (non-hydrogen) atoms. The Balaban J connectivity index is 1.71. The second-order valence-corrected chi connectivity index (χ2v) is 8.82. The molecule has 0 saturated carbocycles. The van der Waals surface area contributed by atoms with E-state index in [1.165, 1.54) is 12.1 Å². The lowest BCUT2D eigenvalue weighted by atomic mass is 9.92. The van der Waals surface area contributed by atoms with Crippen molar-refractivity contribution in [1.29, 1.82) is 0 Å². The van der Waals surface area contributed by atoms with Gasteiger partial charge in [0, 0.05) is 12.8 Å². The number of rotatable bonds is 6. The smallest absolute Gasteiger partial charge is 0.407 e. The first kappa shape index (κ1) is 20.3. The van der Waals surface area contributed by atoms with E-state index in [0.717, 1.165) is 16.0 Å². The van der Waals surface area contributed by atoms with Crippen LogP contribution in [0.3, 0.4) is 0 Å². The third-order valence-electron chi connectivity index (χ3n) is 4.87. The normalized spacial score (nSPS) is 22.4. The molecule has 3 rings (SSSR count). The highest BCUT2D eigenvalue weighted by molar-refractivity contribution is 7.86. The molecule has 1 saturated heterocycles. The molecule has 2 aromatic rings. The van der Waals surface area contributed by atoms with Crippen molar-refractivity contribution in [2.45, 2.75) is 36.3 Å². The minimum Gasteiger partial charge on any atom is -0.465 e. The van der Waals surface area contributed by atoms with Crippen molar-refractivity contribution < 1.29 is 27.6 Å². The van der Waals surface area contributed by atoms with Crippen LogP contribution in [-0.4, -0.2) is 54.4 Å². The fourth-order valence-electron chi connectivity index (χ4n) is 3.48. The third-order valence-corrected chi connectivity index (χ3v) is 6.16. The summed E-state index contributed by atoms with van der Waals surface area (Å²) in [7, 11) is -4.01. The van der Waals surface area contributed by atoms with Crippen LogP contribution in [0.25, 0.3) is 0 Å². The van der Waals surface area contributed by atoms with Gasteiger partial charge < -0.3 is 10.2 Å². The molecule has 2 atom stereocenters. The van der Waals surface area contributed by atoms with Crippen molar-refractivity contribution in [2.24, 2.45) is 0 Å². The first-order valence-electron chi connectivity index (χ1n) is 8.90. The van der Waals surface area contributed by atoms with Gasteiger partial charge in [-0.25, -0.2) is 4.79 Å². The number of nitrogens with zero attached hydrogens (tertiary/aromatic N) is 1. The van der Waals surface area contributed by atoms with Gasteiger partial charge >= 0.3 is 6.09 Å². The number of hydrogen-bond acceptors (Lipinski definition) is 5. The summed E-state index contributed by atoms with van der Waals surface area (Å²) in [5.41, 5.74) is 0.517. The summed E-state index contributed by atoms with van der Waals surface area (Å²) in [6, 6.07) is 14.7. The summed E-state index contributed by atoms with van der Waals surface area (Å²) in [6.45, 7) is 1.39. The first-order valence-corrected chi connectivity index (χ1v) is 10.3. The molecular formula is C20H23NO6S. The lowest BCUT2D eigenvalue weighted by Gasteiger charge is -2.22. The van der Waals surface area contributed by atoms with Crippen LogP contribution in [0.1, 0.15) is 17.5 Å². The van der Waals surface area contributed by atoms with Gasteiger partial charge in [-0.1, -0.05) is 48.0 Å². The van der Waals surface area contributed by atoms with E-state index in [1.807, 2.05) is 37.3 Å². The number of carbonyl (C=O) groups is 1. The third kappa shape index (κ3) is 4.70. The Labute approximate surface area is 164 Å². The Kier molecular flexibility index (Phi) is 5.74. The Morgan fingerprint density at radius 3 is 2.43 bits per heavy atom. The minimum atomic E-state index is -4.01. The zero-order valence-corrected chi connectivity index (χ0v) is 16.3. The molecule has 150 valence electrons. The Bertz CT molecular complexity index is 929. The van der Waals surface area contributed by atoms with E-state index in [2.05, 4.69) is 0 Å². The number of aliphatic hydroxyl groups is 1. The Morgan fingerprint density at radius 1 is 1.18 bits per heavy atom. The summed E-state index contributed by atoms with van der Waals surface area (Å²) in [5.74, 6) is 0. The molecule has 0 bridgehead atoms. The van der Waals surface area contributed by atoms with Crippen LogP contribution in [0.4, 0.5) is 4.79 Å². The highest BCUT2D eigenvalue weighted by Crippen LogP contribution is 2.31. The van der Waals surface area contributed by atoms with E-state index >= 15 is 0 Å². The molecule has 0 aromatic heterocycles. The lowest BCUT2D eigenvalue weighted by Crippen LogP contribution is -2.39. The molecule has 1 aliphatic rings. The van der Waals surface area contributed by atoms with Crippen LogP contribution in [0.15, 0.2) is 59.5 Å². The topological polar surface area (TPSA) is 104 Å². The Morgan fingerprint density at radius 2 is 1.82 bits per heavy atom. The summed E-state index contributed by atoms with van der Waals surface area (Å²) in [4.78, 5) is 12.7. The maximum atomic E-state index is 12.4. The van der Waals surface area contributed by atoms with Crippen LogP contribution in [0.2, 0.25) is 0 Å². The summed E-state index contributed by atoms with van der Waals surface area (Å²) in [5, 5.41) is 20.4. The van der Waals surface area contributed by atoms with Gasteiger partial charge in [-0.15, -0.1) is 0 Å². The van der Waals surface area contributed by atoms with Crippen molar-refractivity contribution in [2.75, 3.05) is 13.2 Å².